The lowest BCUT2D eigenvalue weighted by molar-refractivity contribution is -0.387. The van der Waals surface area contributed by atoms with Crippen LogP contribution in [0.4, 0.5) is 5.69 Å². The Labute approximate surface area is 161 Å². The molecule has 0 unspecified atom stereocenters. The highest BCUT2D eigenvalue weighted by Gasteiger charge is 2.18. The molecule has 0 saturated carbocycles. The van der Waals surface area contributed by atoms with Crippen molar-refractivity contribution in [3.8, 4) is 0 Å². The van der Waals surface area contributed by atoms with Crippen LogP contribution < -0.4 is 10.9 Å². The second-order valence-corrected chi connectivity index (χ2v) is 7.38. The van der Waals surface area contributed by atoms with Gasteiger partial charge in [-0.2, -0.15) is 0 Å². The SMILES string of the molecule is CC(C)CCSc1ccc(C(=O)NNC(=O)c2ccccc2)cc1[N+](=O)[O-]. The van der Waals surface area contributed by atoms with Gasteiger partial charge in [-0.25, -0.2) is 0 Å². The first-order chi connectivity index (χ1) is 12.9. The van der Waals surface area contributed by atoms with Gasteiger partial charge in [0.15, 0.2) is 0 Å². The summed E-state index contributed by atoms with van der Waals surface area (Å²) in [5.74, 6) is 0.173. The Morgan fingerprint density at radius 2 is 1.67 bits per heavy atom. The maximum absolute atomic E-state index is 12.2. The van der Waals surface area contributed by atoms with Crippen LogP contribution in [0.1, 0.15) is 41.0 Å². The summed E-state index contributed by atoms with van der Waals surface area (Å²) in [5.41, 5.74) is 4.94. The van der Waals surface area contributed by atoms with Crippen LogP contribution in [0, 0.1) is 16.0 Å². The highest BCUT2D eigenvalue weighted by Crippen LogP contribution is 2.31. The molecule has 0 bridgehead atoms. The van der Waals surface area contributed by atoms with E-state index in [4.69, 9.17) is 0 Å². The summed E-state index contributed by atoms with van der Waals surface area (Å²) in [7, 11) is 0. The molecule has 0 atom stereocenters. The predicted molar refractivity (Wildman–Crippen MR) is 105 cm³/mol. The van der Waals surface area contributed by atoms with Crippen molar-refractivity contribution < 1.29 is 14.5 Å². The van der Waals surface area contributed by atoms with E-state index in [1.807, 2.05) is 0 Å². The van der Waals surface area contributed by atoms with Crippen LogP contribution in [0.3, 0.4) is 0 Å². The molecule has 0 fully saturated rings. The molecule has 0 saturated heterocycles. The lowest BCUT2D eigenvalue weighted by atomic mass is 10.2. The summed E-state index contributed by atoms with van der Waals surface area (Å²) < 4.78 is 0. The minimum Gasteiger partial charge on any atom is -0.267 e. The molecule has 0 radical (unpaired) electrons. The molecule has 8 heteroatoms. The monoisotopic (exact) mass is 387 g/mol. The molecule has 2 N–H and O–H groups in total. The van der Waals surface area contributed by atoms with E-state index in [0.717, 1.165) is 12.2 Å². The topological polar surface area (TPSA) is 101 Å². The van der Waals surface area contributed by atoms with E-state index in [2.05, 4.69) is 24.7 Å². The third-order valence-corrected chi connectivity index (χ3v) is 4.79. The third-order valence-electron chi connectivity index (χ3n) is 3.70. The van der Waals surface area contributed by atoms with Gasteiger partial charge in [0, 0.05) is 17.2 Å². The van der Waals surface area contributed by atoms with Crippen molar-refractivity contribution >= 4 is 29.3 Å². The third kappa shape index (κ3) is 6.10. The molecule has 2 aromatic rings. The molecule has 0 aliphatic rings. The van der Waals surface area contributed by atoms with E-state index in [1.165, 1.54) is 23.9 Å². The maximum Gasteiger partial charge on any atom is 0.283 e. The standard InChI is InChI=1S/C19H21N3O4S/c1-13(2)10-11-27-17-9-8-15(12-16(17)22(25)26)19(24)21-20-18(23)14-6-4-3-5-7-14/h3-9,12-13H,10-11H2,1-2H3,(H,20,23)(H,21,24). The number of hydrazine groups is 1. The number of nitro groups is 1. The first-order valence-electron chi connectivity index (χ1n) is 8.45. The average molecular weight is 387 g/mol. The van der Waals surface area contributed by atoms with Crippen LogP contribution in [0.25, 0.3) is 0 Å². The van der Waals surface area contributed by atoms with Gasteiger partial charge < -0.3 is 0 Å². The average Bonchev–Trinajstić information content (AvgIpc) is 2.66. The molecular weight excluding hydrogens is 366 g/mol. The molecule has 0 heterocycles. The summed E-state index contributed by atoms with van der Waals surface area (Å²) in [6.07, 6.45) is 0.940. The zero-order valence-electron chi connectivity index (χ0n) is 15.1. The van der Waals surface area contributed by atoms with Gasteiger partial charge in [-0.3, -0.25) is 30.6 Å². The van der Waals surface area contributed by atoms with Crippen molar-refractivity contribution in [2.24, 2.45) is 5.92 Å². The van der Waals surface area contributed by atoms with Gasteiger partial charge in [0.1, 0.15) is 0 Å². The molecule has 142 valence electrons. The molecule has 2 aromatic carbocycles. The van der Waals surface area contributed by atoms with Gasteiger partial charge in [0.2, 0.25) is 0 Å². The van der Waals surface area contributed by atoms with Crippen molar-refractivity contribution in [1.29, 1.82) is 0 Å². The number of amides is 2. The Morgan fingerprint density at radius 3 is 2.26 bits per heavy atom. The van der Waals surface area contributed by atoms with Crippen molar-refractivity contribution in [2.75, 3.05) is 5.75 Å². The molecule has 2 rings (SSSR count). The number of nitrogens with zero attached hydrogens (tertiary/aromatic N) is 1. The summed E-state index contributed by atoms with van der Waals surface area (Å²) in [5, 5.41) is 11.3. The first kappa shape index (κ1) is 20.4. The second-order valence-electron chi connectivity index (χ2n) is 6.24. The van der Waals surface area contributed by atoms with Gasteiger partial charge >= 0.3 is 0 Å². The van der Waals surface area contributed by atoms with Gasteiger partial charge in [0.05, 0.1) is 9.82 Å². The Morgan fingerprint density at radius 1 is 1.04 bits per heavy atom. The van der Waals surface area contributed by atoms with Crippen LogP contribution in [0.2, 0.25) is 0 Å². The minimum atomic E-state index is -0.624. The zero-order valence-corrected chi connectivity index (χ0v) is 15.9. The molecule has 7 nitrogen and oxygen atoms in total. The molecule has 0 aliphatic heterocycles. The lowest BCUT2D eigenvalue weighted by Crippen LogP contribution is -2.41. The van der Waals surface area contributed by atoms with E-state index < -0.39 is 16.7 Å². The molecule has 2 amide bonds. The van der Waals surface area contributed by atoms with Crippen molar-refractivity contribution in [1.82, 2.24) is 10.9 Å². The van der Waals surface area contributed by atoms with Crippen LogP contribution in [-0.2, 0) is 0 Å². The fraction of sp³-hybridized carbons (Fsp3) is 0.263. The van der Waals surface area contributed by atoms with Crippen LogP contribution in [0.15, 0.2) is 53.4 Å². The second kappa shape index (κ2) is 9.72. The Hall–Kier alpha value is -2.87. The molecule has 0 spiro atoms. The summed E-state index contributed by atoms with van der Waals surface area (Å²) in [6.45, 7) is 4.18. The summed E-state index contributed by atoms with van der Waals surface area (Å²) in [6, 6.07) is 12.7. The Bertz CT molecular complexity index is 825. The number of rotatable bonds is 7. The highest BCUT2D eigenvalue weighted by molar-refractivity contribution is 7.99. The largest absolute Gasteiger partial charge is 0.283 e. The normalized spacial score (nSPS) is 10.5. The number of nitro benzene ring substituents is 1. The highest BCUT2D eigenvalue weighted by atomic mass is 32.2. The van der Waals surface area contributed by atoms with Crippen molar-refractivity contribution in [2.45, 2.75) is 25.2 Å². The fourth-order valence-corrected chi connectivity index (χ4v) is 3.43. The fourth-order valence-electron chi connectivity index (χ4n) is 2.18. The Balaban J connectivity index is 2.04. The van der Waals surface area contributed by atoms with Gasteiger partial charge in [0.25, 0.3) is 17.5 Å². The molecule has 0 aromatic heterocycles. The summed E-state index contributed by atoms with van der Waals surface area (Å²) in [4.78, 5) is 35.5. The van der Waals surface area contributed by atoms with Crippen molar-refractivity contribution in [3.05, 3.63) is 69.8 Å². The number of hydrogen-bond acceptors (Lipinski definition) is 5. The molecule has 0 aliphatic carbocycles. The predicted octanol–water partition coefficient (Wildman–Crippen LogP) is 3.81. The number of benzene rings is 2. The Kier molecular flexibility index (Phi) is 7.36. The number of nitrogens with one attached hydrogen (secondary N) is 2. The van der Waals surface area contributed by atoms with E-state index in [0.29, 0.717) is 16.4 Å². The van der Waals surface area contributed by atoms with Crippen LogP contribution >= 0.6 is 11.8 Å². The van der Waals surface area contributed by atoms with E-state index in [1.54, 1.807) is 36.4 Å². The van der Waals surface area contributed by atoms with Gasteiger partial charge in [-0.05, 0) is 42.4 Å². The minimum absolute atomic E-state index is 0.100. The quantitative estimate of drug-likeness (QED) is 0.427. The molecule has 27 heavy (non-hydrogen) atoms. The number of hydrogen-bond donors (Lipinski definition) is 2. The van der Waals surface area contributed by atoms with Gasteiger partial charge in [-0.1, -0.05) is 32.0 Å². The van der Waals surface area contributed by atoms with E-state index in [-0.39, 0.29) is 11.3 Å². The summed E-state index contributed by atoms with van der Waals surface area (Å²) >= 11 is 1.40. The van der Waals surface area contributed by atoms with Crippen LogP contribution in [0.5, 0.6) is 0 Å². The van der Waals surface area contributed by atoms with E-state index >= 15 is 0 Å². The number of carbonyl (C=O) groups excluding carboxylic acids is 2. The van der Waals surface area contributed by atoms with Crippen LogP contribution in [-0.4, -0.2) is 22.5 Å². The zero-order chi connectivity index (χ0) is 19.8. The smallest absolute Gasteiger partial charge is 0.267 e. The number of carbonyl (C=O) groups is 2. The van der Waals surface area contributed by atoms with Crippen molar-refractivity contribution in [3.63, 3.8) is 0 Å². The number of thioether (sulfide) groups is 1. The first-order valence-corrected chi connectivity index (χ1v) is 9.44. The lowest BCUT2D eigenvalue weighted by Gasteiger charge is -2.09. The maximum atomic E-state index is 12.2. The van der Waals surface area contributed by atoms with E-state index in [9.17, 15) is 19.7 Å². The molecular formula is C19H21N3O4S. The van der Waals surface area contributed by atoms with Gasteiger partial charge in [-0.15, -0.1) is 11.8 Å².